The zero-order valence-electron chi connectivity index (χ0n) is 15.4. The van der Waals surface area contributed by atoms with Gasteiger partial charge in [0, 0.05) is 13.7 Å². The lowest BCUT2D eigenvalue weighted by molar-refractivity contribution is 0.118. The molecule has 0 aromatic heterocycles. The van der Waals surface area contributed by atoms with Crippen LogP contribution in [0.5, 0.6) is 0 Å². The van der Waals surface area contributed by atoms with Crippen molar-refractivity contribution >= 4 is 0 Å². The first-order valence-corrected chi connectivity index (χ1v) is 8.18. The van der Waals surface area contributed by atoms with E-state index >= 15 is 0 Å². The van der Waals surface area contributed by atoms with Crippen LogP contribution in [0.1, 0.15) is 53.1 Å². The van der Waals surface area contributed by atoms with E-state index in [0.29, 0.717) is 6.61 Å². The summed E-state index contributed by atoms with van der Waals surface area (Å²) in [4.78, 5) is 0. The van der Waals surface area contributed by atoms with E-state index in [9.17, 15) is 0 Å². The average Bonchev–Trinajstić information content (AvgIpc) is 2.51. The zero-order chi connectivity index (χ0) is 16.7. The second kappa shape index (κ2) is 9.12. The Morgan fingerprint density at radius 3 is 2.00 bits per heavy atom. The van der Waals surface area contributed by atoms with E-state index < -0.39 is 0 Å². The van der Waals surface area contributed by atoms with Crippen LogP contribution in [0.2, 0.25) is 0 Å². The number of benzene rings is 1. The lowest BCUT2D eigenvalue weighted by Crippen LogP contribution is -2.05. The van der Waals surface area contributed by atoms with Gasteiger partial charge in [0.15, 0.2) is 0 Å². The van der Waals surface area contributed by atoms with Gasteiger partial charge in [0.25, 0.3) is 0 Å². The Kier molecular flexibility index (Phi) is 7.84. The van der Waals surface area contributed by atoms with Crippen LogP contribution < -0.4 is 0 Å². The Hall–Kier alpha value is -1.12. The SMILES string of the molecule is COC/C=C(\C)CCCOCc1c(C)c(C)c(C)c(C)c1C. The highest BCUT2D eigenvalue weighted by atomic mass is 16.5. The molecule has 0 atom stereocenters. The number of methoxy groups -OCH3 is 1. The van der Waals surface area contributed by atoms with Crippen molar-refractivity contribution in [3.8, 4) is 0 Å². The molecule has 2 nitrogen and oxygen atoms in total. The van der Waals surface area contributed by atoms with Crippen LogP contribution in [-0.4, -0.2) is 20.3 Å². The van der Waals surface area contributed by atoms with E-state index in [4.69, 9.17) is 9.47 Å². The molecule has 0 bridgehead atoms. The molecule has 2 heteroatoms. The maximum Gasteiger partial charge on any atom is 0.0722 e. The van der Waals surface area contributed by atoms with Gasteiger partial charge in [-0.15, -0.1) is 0 Å². The molecule has 0 aliphatic carbocycles. The number of allylic oxidation sites excluding steroid dienone is 1. The molecule has 0 aliphatic heterocycles. The van der Waals surface area contributed by atoms with Crippen LogP contribution in [0.3, 0.4) is 0 Å². The fourth-order valence-corrected chi connectivity index (χ4v) is 2.75. The first kappa shape index (κ1) is 18.9. The van der Waals surface area contributed by atoms with Crippen molar-refractivity contribution in [2.24, 2.45) is 0 Å². The van der Waals surface area contributed by atoms with Crippen LogP contribution in [0.15, 0.2) is 11.6 Å². The Balaban J connectivity index is 2.53. The predicted molar refractivity (Wildman–Crippen MR) is 94.7 cm³/mol. The molecule has 0 N–H and O–H groups in total. The summed E-state index contributed by atoms with van der Waals surface area (Å²) in [5, 5.41) is 0. The Labute approximate surface area is 136 Å². The molecular formula is C20H32O2. The van der Waals surface area contributed by atoms with Crippen LogP contribution >= 0.6 is 0 Å². The number of ether oxygens (including phenoxy) is 2. The van der Waals surface area contributed by atoms with E-state index in [-0.39, 0.29) is 0 Å². The lowest BCUT2D eigenvalue weighted by atomic mass is 9.90. The number of rotatable bonds is 8. The normalized spacial score (nSPS) is 12.0. The number of hydrogen-bond donors (Lipinski definition) is 0. The summed E-state index contributed by atoms with van der Waals surface area (Å²) in [6.07, 6.45) is 4.28. The largest absolute Gasteiger partial charge is 0.381 e. The highest BCUT2D eigenvalue weighted by Crippen LogP contribution is 2.26. The van der Waals surface area contributed by atoms with E-state index in [1.54, 1.807) is 7.11 Å². The van der Waals surface area contributed by atoms with Crippen molar-refractivity contribution in [3.63, 3.8) is 0 Å². The summed E-state index contributed by atoms with van der Waals surface area (Å²) in [5.74, 6) is 0. The molecule has 22 heavy (non-hydrogen) atoms. The summed E-state index contributed by atoms with van der Waals surface area (Å²) in [6.45, 7) is 15.5. The highest BCUT2D eigenvalue weighted by Gasteiger charge is 2.11. The molecule has 0 heterocycles. The predicted octanol–water partition coefficient (Wildman–Crippen LogP) is 5.12. The van der Waals surface area contributed by atoms with Crippen LogP contribution in [-0.2, 0) is 16.1 Å². The molecule has 0 radical (unpaired) electrons. The molecule has 1 rings (SSSR count). The van der Waals surface area contributed by atoms with E-state index in [2.05, 4.69) is 47.6 Å². The van der Waals surface area contributed by atoms with Crippen molar-refractivity contribution in [3.05, 3.63) is 45.0 Å². The van der Waals surface area contributed by atoms with Crippen LogP contribution in [0.25, 0.3) is 0 Å². The average molecular weight is 304 g/mol. The van der Waals surface area contributed by atoms with Gasteiger partial charge >= 0.3 is 0 Å². The molecule has 0 aliphatic rings. The third-order valence-electron chi connectivity index (χ3n) is 4.86. The molecule has 0 fully saturated rings. The zero-order valence-corrected chi connectivity index (χ0v) is 15.4. The van der Waals surface area contributed by atoms with Crippen molar-refractivity contribution in [1.82, 2.24) is 0 Å². The molecule has 0 saturated heterocycles. The second-order valence-electron chi connectivity index (χ2n) is 6.27. The van der Waals surface area contributed by atoms with Gasteiger partial charge in [-0.1, -0.05) is 11.6 Å². The van der Waals surface area contributed by atoms with E-state index in [1.807, 2.05) is 0 Å². The summed E-state index contributed by atoms with van der Waals surface area (Å²) in [7, 11) is 1.73. The molecule has 0 spiro atoms. The third kappa shape index (κ3) is 4.96. The summed E-state index contributed by atoms with van der Waals surface area (Å²) < 4.78 is 11.0. The number of hydrogen-bond acceptors (Lipinski definition) is 2. The van der Waals surface area contributed by atoms with Crippen molar-refractivity contribution in [2.75, 3.05) is 20.3 Å². The van der Waals surface area contributed by atoms with Gasteiger partial charge in [0.05, 0.1) is 13.2 Å². The van der Waals surface area contributed by atoms with Crippen molar-refractivity contribution in [2.45, 2.75) is 61.0 Å². The van der Waals surface area contributed by atoms with E-state index in [0.717, 1.165) is 26.1 Å². The van der Waals surface area contributed by atoms with Gasteiger partial charge < -0.3 is 9.47 Å². The van der Waals surface area contributed by atoms with Crippen molar-refractivity contribution < 1.29 is 9.47 Å². The molecular weight excluding hydrogens is 272 g/mol. The topological polar surface area (TPSA) is 18.5 Å². The van der Waals surface area contributed by atoms with Gasteiger partial charge in [-0.2, -0.15) is 0 Å². The molecule has 1 aromatic rings. The first-order valence-electron chi connectivity index (χ1n) is 8.18. The first-order chi connectivity index (χ1) is 10.4. The lowest BCUT2D eigenvalue weighted by Gasteiger charge is -2.18. The van der Waals surface area contributed by atoms with Crippen LogP contribution in [0.4, 0.5) is 0 Å². The quantitative estimate of drug-likeness (QED) is 0.490. The highest BCUT2D eigenvalue weighted by molar-refractivity contribution is 5.49. The third-order valence-corrected chi connectivity index (χ3v) is 4.86. The maximum atomic E-state index is 5.93. The molecule has 0 unspecified atom stereocenters. The maximum absolute atomic E-state index is 5.93. The fourth-order valence-electron chi connectivity index (χ4n) is 2.75. The van der Waals surface area contributed by atoms with Crippen molar-refractivity contribution in [1.29, 1.82) is 0 Å². The van der Waals surface area contributed by atoms with Crippen LogP contribution in [0, 0.1) is 34.6 Å². The standard InChI is InChI=1S/C20H32O2/c1-14(10-12-21-7)9-8-11-22-13-20-18(5)16(3)15(2)17(4)19(20)6/h10H,8-9,11-13H2,1-7H3/b14-10+. The monoisotopic (exact) mass is 304 g/mol. The smallest absolute Gasteiger partial charge is 0.0722 e. The van der Waals surface area contributed by atoms with Gasteiger partial charge in [-0.05, 0) is 87.8 Å². The molecule has 0 saturated carbocycles. The molecule has 0 amide bonds. The Morgan fingerprint density at radius 2 is 1.45 bits per heavy atom. The minimum absolute atomic E-state index is 0.701. The summed E-state index contributed by atoms with van der Waals surface area (Å²) >= 11 is 0. The fraction of sp³-hybridized carbons (Fsp3) is 0.600. The molecule has 124 valence electrons. The van der Waals surface area contributed by atoms with Gasteiger partial charge in [0.1, 0.15) is 0 Å². The van der Waals surface area contributed by atoms with Gasteiger partial charge in [-0.25, -0.2) is 0 Å². The minimum Gasteiger partial charge on any atom is -0.381 e. The van der Waals surface area contributed by atoms with E-state index in [1.165, 1.54) is 39.0 Å². The van der Waals surface area contributed by atoms with Gasteiger partial charge in [-0.3, -0.25) is 0 Å². The summed E-state index contributed by atoms with van der Waals surface area (Å²) in [5.41, 5.74) is 9.73. The minimum atomic E-state index is 0.701. The summed E-state index contributed by atoms with van der Waals surface area (Å²) in [6, 6.07) is 0. The Bertz CT molecular complexity index is 498. The Morgan fingerprint density at radius 1 is 0.909 bits per heavy atom. The molecule has 1 aromatic carbocycles. The van der Waals surface area contributed by atoms with Gasteiger partial charge in [0.2, 0.25) is 0 Å². The second-order valence-corrected chi connectivity index (χ2v) is 6.27.